The summed E-state index contributed by atoms with van der Waals surface area (Å²) in [5, 5.41) is 3.66. The normalized spacial score (nSPS) is 25.6. The Morgan fingerprint density at radius 1 is 1.38 bits per heavy atom. The molecule has 0 spiro atoms. The van der Waals surface area contributed by atoms with Gasteiger partial charge in [0.2, 0.25) is 0 Å². The Morgan fingerprint density at radius 2 is 2.31 bits per heavy atom. The average molecular weight is 218 g/mol. The molecule has 2 atom stereocenters. The Morgan fingerprint density at radius 3 is 3.06 bits per heavy atom. The predicted molar refractivity (Wildman–Crippen MR) is 67.4 cm³/mol. The Balaban J connectivity index is 1.68. The van der Waals surface area contributed by atoms with Gasteiger partial charge in [-0.2, -0.15) is 0 Å². The molecule has 2 nitrogen and oxygen atoms in total. The van der Waals surface area contributed by atoms with Gasteiger partial charge in [0, 0.05) is 30.9 Å². The highest BCUT2D eigenvalue weighted by molar-refractivity contribution is 5.03. The molecule has 0 amide bonds. The van der Waals surface area contributed by atoms with Gasteiger partial charge in [-0.25, -0.2) is 0 Å². The minimum atomic E-state index is 0.743. The fourth-order valence-corrected chi connectivity index (χ4v) is 2.57. The van der Waals surface area contributed by atoms with E-state index in [4.69, 9.17) is 0 Å². The smallest absolute Gasteiger partial charge is 0.0416 e. The summed E-state index contributed by atoms with van der Waals surface area (Å²) < 4.78 is 0. The molecule has 1 N–H and O–H groups in total. The highest BCUT2D eigenvalue weighted by Crippen LogP contribution is 2.23. The van der Waals surface area contributed by atoms with Crippen molar-refractivity contribution in [3.8, 4) is 0 Å². The van der Waals surface area contributed by atoms with Crippen LogP contribution < -0.4 is 5.32 Å². The maximum absolute atomic E-state index is 4.34. The van der Waals surface area contributed by atoms with E-state index in [-0.39, 0.29) is 0 Å². The zero-order valence-corrected chi connectivity index (χ0v) is 10.2. The number of hydrogen-bond donors (Lipinski definition) is 1. The maximum atomic E-state index is 4.34. The molecule has 1 aromatic rings. The molecule has 2 unspecified atom stereocenters. The third-order valence-corrected chi connectivity index (χ3v) is 3.48. The lowest BCUT2D eigenvalue weighted by Crippen LogP contribution is -2.34. The Bertz CT molecular complexity index is 297. The Labute approximate surface area is 98.5 Å². The summed E-state index contributed by atoms with van der Waals surface area (Å²) >= 11 is 0. The first-order chi connectivity index (χ1) is 7.84. The van der Waals surface area contributed by atoms with Crippen molar-refractivity contribution >= 4 is 0 Å². The van der Waals surface area contributed by atoms with E-state index in [0.29, 0.717) is 0 Å². The number of nitrogens with zero attached hydrogens (tertiary/aromatic N) is 1. The summed E-state index contributed by atoms with van der Waals surface area (Å²) in [6, 6.07) is 6.88. The Hall–Kier alpha value is -0.890. The van der Waals surface area contributed by atoms with Crippen LogP contribution in [0.3, 0.4) is 0 Å². The molecule has 0 aliphatic heterocycles. The third kappa shape index (κ3) is 3.60. The van der Waals surface area contributed by atoms with Gasteiger partial charge in [0.05, 0.1) is 0 Å². The first-order valence-electron chi connectivity index (χ1n) is 6.48. The molecule has 2 heteroatoms. The number of aromatic nitrogens is 1. The van der Waals surface area contributed by atoms with E-state index in [1.807, 2.05) is 12.3 Å². The van der Waals surface area contributed by atoms with Crippen LogP contribution in [-0.4, -0.2) is 17.6 Å². The lowest BCUT2D eigenvalue weighted by atomic mass is 9.87. The van der Waals surface area contributed by atoms with Crippen LogP contribution in [0.4, 0.5) is 0 Å². The molecule has 1 aromatic heterocycles. The summed E-state index contributed by atoms with van der Waals surface area (Å²) in [6.45, 7) is 3.43. The summed E-state index contributed by atoms with van der Waals surface area (Å²) in [5.74, 6) is 0.904. The van der Waals surface area contributed by atoms with E-state index in [9.17, 15) is 0 Å². The predicted octanol–water partition coefficient (Wildman–Crippen LogP) is 2.79. The van der Waals surface area contributed by atoms with Gasteiger partial charge in [-0.15, -0.1) is 0 Å². The quantitative estimate of drug-likeness (QED) is 0.840. The van der Waals surface area contributed by atoms with Crippen molar-refractivity contribution in [2.24, 2.45) is 5.92 Å². The van der Waals surface area contributed by atoms with Crippen LogP contribution in [0.25, 0.3) is 0 Å². The van der Waals surface area contributed by atoms with E-state index >= 15 is 0 Å². The third-order valence-electron chi connectivity index (χ3n) is 3.48. The molecular weight excluding hydrogens is 196 g/mol. The second-order valence-corrected chi connectivity index (χ2v) is 4.99. The second kappa shape index (κ2) is 6.00. The SMILES string of the molecule is CC1CCCC(NCCc2ccccn2)C1. The summed E-state index contributed by atoms with van der Waals surface area (Å²) in [5.41, 5.74) is 1.19. The molecule has 0 aromatic carbocycles. The number of rotatable bonds is 4. The highest BCUT2D eigenvalue weighted by atomic mass is 14.9. The molecule has 1 aliphatic rings. The van der Waals surface area contributed by atoms with Crippen LogP contribution in [0.2, 0.25) is 0 Å². The number of nitrogens with one attached hydrogen (secondary N) is 1. The van der Waals surface area contributed by atoms with Crippen LogP contribution in [0.15, 0.2) is 24.4 Å². The fourth-order valence-electron chi connectivity index (χ4n) is 2.57. The molecule has 88 valence electrons. The van der Waals surface area contributed by atoms with E-state index in [1.54, 1.807) is 0 Å². The van der Waals surface area contributed by atoms with E-state index < -0.39 is 0 Å². The van der Waals surface area contributed by atoms with Crippen molar-refractivity contribution in [1.29, 1.82) is 0 Å². The van der Waals surface area contributed by atoms with Gasteiger partial charge in [0.1, 0.15) is 0 Å². The van der Waals surface area contributed by atoms with Gasteiger partial charge < -0.3 is 5.32 Å². The molecule has 1 heterocycles. The van der Waals surface area contributed by atoms with E-state index in [1.165, 1.54) is 31.4 Å². The van der Waals surface area contributed by atoms with Gasteiger partial charge in [-0.1, -0.05) is 25.8 Å². The Kier molecular flexibility index (Phi) is 4.34. The molecule has 0 bridgehead atoms. The standard InChI is InChI=1S/C14H22N2/c1-12-5-4-7-14(11-12)16-10-8-13-6-2-3-9-15-13/h2-3,6,9,12,14,16H,4-5,7-8,10-11H2,1H3. The van der Waals surface area contributed by atoms with Gasteiger partial charge >= 0.3 is 0 Å². The van der Waals surface area contributed by atoms with Crippen molar-refractivity contribution in [2.75, 3.05) is 6.54 Å². The minimum absolute atomic E-state index is 0.743. The summed E-state index contributed by atoms with van der Waals surface area (Å²) in [4.78, 5) is 4.34. The number of hydrogen-bond acceptors (Lipinski definition) is 2. The van der Waals surface area contributed by atoms with Gasteiger partial charge in [0.15, 0.2) is 0 Å². The zero-order chi connectivity index (χ0) is 11.2. The maximum Gasteiger partial charge on any atom is 0.0416 e. The van der Waals surface area contributed by atoms with Crippen molar-refractivity contribution in [3.05, 3.63) is 30.1 Å². The lowest BCUT2D eigenvalue weighted by Gasteiger charge is -2.27. The molecule has 0 radical (unpaired) electrons. The van der Waals surface area contributed by atoms with Crippen LogP contribution in [-0.2, 0) is 6.42 Å². The van der Waals surface area contributed by atoms with Gasteiger partial charge in [0.25, 0.3) is 0 Å². The van der Waals surface area contributed by atoms with E-state index in [0.717, 1.165) is 24.9 Å². The second-order valence-electron chi connectivity index (χ2n) is 4.99. The van der Waals surface area contributed by atoms with Crippen molar-refractivity contribution in [3.63, 3.8) is 0 Å². The monoisotopic (exact) mass is 218 g/mol. The first-order valence-corrected chi connectivity index (χ1v) is 6.48. The molecule has 1 aliphatic carbocycles. The molecule has 16 heavy (non-hydrogen) atoms. The van der Waals surface area contributed by atoms with Gasteiger partial charge in [-0.05, 0) is 30.9 Å². The van der Waals surface area contributed by atoms with E-state index in [2.05, 4.69) is 29.4 Å². The highest BCUT2D eigenvalue weighted by Gasteiger charge is 2.17. The summed E-state index contributed by atoms with van der Waals surface area (Å²) in [7, 11) is 0. The first kappa shape index (κ1) is 11.6. The van der Waals surface area contributed by atoms with Crippen molar-refractivity contribution in [1.82, 2.24) is 10.3 Å². The molecule has 0 saturated heterocycles. The molecule has 2 rings (SSSR count). The topological polar surface area (TPSA) is 24.9 Å². The van der Waals surface area contributed by atoms with Gasteiger partial charge in [-0.3, -0.25) is 4.98 Å². The average Bonchev–Trinajstić information content (AvgIpc) is 2.30. The number of pyridine rings is 1. The summed E-state index contributed by atoms with van der Waals surface area (Å²) in [6.07, 6.45) is 8.43. The van der Waals surface area contributed by atoms with Crippen molar-refractivity contribution < 1.29 is 0 Å². The lowest BCUT2D eigenvalue weighted by molar-refractivity contribution is 0.303. The van der Waals surface area contributed by atoms with Crippen LogP contribution >= 0.6 is 0 Å². The molecule has 1 fully saturated rings. The fraction of sp³-hybridized carbons (Fsp3) is 0.643. The largest absolute Gasteiger partial charge is 0.314 e. The molecular formula is C14H22N2. The zero-order valence-electron chi connectivity index (χ0n) is 10.2. The van der Waals surface area contributed by atoms with Crippen LogP contribution in [0, 0.1) is 5.92 Å². The van der Waals surface area contributed by atoms with Crippen LogP contribution in [0.1, 0.15) is 38.3 Å². The van der Waals surface area contributed by atoms with Crippen molar-refractivity contribution in [2.45, 2.75) is 45.1 Å². The van der Waals surface area contributed by atoms with Crippen LogP contribution in [0.5, 0.6) is 0 Å². The molecule has 1 saturated carbocycles. The minimum Gasteiger partial charge on any atom is -0.314 e.